The lowest BCUT2D eigenvalue weighted by molar-refractivity contribution is -0.123. The van der Waals surface area contributed by atoms with Crippen LogP contribution in [0.2, 0.25) is 0 Å². The monoisotopic (exact) mass is 246 g/mol. The van der Waals surface area contributed by atoms with Gasteiger partial charge >= 0.3 is 0 Å². The van der Waals surface area contributed by atoms with Crippen LogP contribution in [-0.2, 0) is 4.79 Å². The first-order valence-electron chi connectivity index (χ1n) is 6.12. The predicted molar refractivity (Wildman–Crippen MR) is 67.7 cm³/mol. The first-order chi connectivity index (χ1) is 7.14. The van der Waals surface area contributed by atoms with Gasteiger partial charge in [0.2, 0.25) is 5.91 Å². The van der Waals surface area contributed by atoms with Gasteiger partial charge in [-0.1, -0.05) is 13.8 Å². The van der Waals surface area contributed by atoms with Crippen molar-refractivity contribution in [1.29, 1.82) is 0 Å². The number of halogens is 1. The molecule has 0 aromatic carbocycles. The molecule has 1 spiro atoms. The Hall–Kier alpha value is -0.280. The molecule has 1 atom stereocenters. The summed E-state index contributed by atoms with van der Waals surface area (Å²) in [6.07, 6.45) is 3.50. The van der Waals surface area contributed by atoms with Crippen LogP contribution >= 0.6 is 12.4 Å². The second-order valence-corrected chi connectivity index (χ2v) is 5.51. The normalized spacial score (nSPS) is 26.3. The number of rotatable bonds is 3. The number of hydrogen-bond donors (Lipinski definition) is 2. The molecule has 0 aromatic heterocycles. The summed E-state index contributed by atoms with van der Waals surface area (Å²) in [6, 6.07) is 0. The molecule has 2 N–H and O–H groups in total. The second-order valence-electron chi connectivity index (χ2n) is 5.51. The van der Waals surface area contributed by atoms with Gasteiger partial charge in [0.05, 0.1) is 0 Å². The third-order valence-corrected chi connectivity index (χ3v) is 3.79. The SMILES string of the molecule is CC(C)CNC(=O)C1CC12CCNCC2.Cl. The van der Waals surface area contributed by atoms with Crippen LogP contribution in [0.25, 0.3) is 0 Å². The highest BCUT2D eigenvalue weighted by atomic mass is 35.5. The summed E-state index contributed by atoms with van der Waals surface area (Å²) >= 11 is 0. The van der Waals surface area contributed by atoms with E-state index in [2.05, 4.69) is 24.5 Å². The molecule has 1 aliphatic carbocycles. The van der Waals surface area contributed by atoms with Crippen molar-refractivity contribution in [2.75, 3.05) is 19.6 Å². The van der Waals surface area contributed by atoms with Crippen molar-refractivity contribution in [2.24, 2.45) is 17.3 Å². The van der Waals surface area contributed by atoms with E-state index in [9.17, 15) is 4.79 Å². The molecule has 0 aromatic rings. The predicted octanol–water partition coefficient (Wildman–Crippen LogP) is 1.57. The molecule has 2 aliphatic rings. The van der Waals surface area contributed by atoms with Gasteiger partial charge < -0.3 is 10.6 Å². The van der Waals surface area contributed by atoms with Crippen LogP contribution in [0.3, 0.4) is 0 Å². The number of carbonyl (C=O) groups excluding carboxylic acids is 1. The van der Waals surface area contributed by atoms with Crippen molar-refractivity contribution >= 4 is 18.3 Å². The van der Waals surface area contributed by atoms with Crippen LogP contribution < -0.4 is 10.6 Å². The number of carbonyl (C=O) groups is 1. The average Bonchev–Trinajstić information content (AvgIpc) is 2.90. The van der Waals surface area contributed by atoms with E-state index < -0.39 is 0 Å². The molecule has 16 heavy (non-hydrogen) atoms. The lowest BCUT2D eigenvalue weighted by Gasteiger charge is -2.23. The molecular weight excluding hydrogens is 224 g/mol. The minimum atomic E-state index is 0. The molecule has 0 bridgehead atoms. The summed E-state index contributed by atoms with van der Waals surface area (Å²) < 4.78 is 0. The molecule has 4 heteroatoms. The molecule has 1 saturated heterocycles. The minimum Gasteiger partial charge on any atom is -0.356 e. The Labute approximate surface area is 104 Å². The Morgan fingerprint density at radius 1 is 1.44 bits per heavy atom. The summed E-state index contributed by atoms with van der Waals surface area (Å²) in [5.74, 6) is 1.17. The van der Waals surface area contributed by atoms with Crippen LogP contribution in [0.5, 0.6) is 0 Å². The van der Waals surface area contributed by atoms with Gasteiger partial charge in [0, 0.05) is 12.5 Å². The maximum Gasteiger partial charge on any atom is 0.223 e. The van der Waals surface area contributed by atoms with Crippen LogP contribution in [-0.4, -0.2) is 25.5 Å². The summed E-state index contributed by atoms with van der Waals surface area (Å²) in [7, 11) is 0. The fraction of sp³-hybridized carbons (Fsp3) is 0.917. The van der Waals surface area contributed by atoms with Gasteiger partial charge in [-0.2, -0.15) is 0 Å². The molecule has 3 nitrogen and oxygen atoms in total. The Balaban J connectivity index is 0.00000128. The zero-order valence-corrected chi connectivity index (χ0v) is 11.0. The Morgan fingerprint density at radius 3 is 2.62 bits per heavy atom. The first-order valence-corrected chi connectivity index (χ1v) is 6.12. The van der Waals surface area contributed by atoms with Gasteiger partial charge in [-0.15, -0.1) is 12.4 Å². The molecule has 1 unspecified atom stereocenters. The summed E-state index contributed by atoms with van der Waals surface area (Å²) in [4.78, 5) is 11.9. The molecular formula is C12H23ClN2O. The quantitative estimate of drug-likeness (QED) is 0.794. The molecule has 1 heterocycles. The van der Waals surface area contributed by atoms with E-state index in [0.717, 1.165) is 26.1 Å². The Kier molecular flexibility index (Phi) is 4.62. The lowest BCUT2D eigenvalue weighted by Crippen LogP contribution is -2.34. The van der Waals surface area contributed by atoms with Crippen LogP contribution in [0.4, 0.5) is 0 Å². The molecule has 1 amide bonds. The Bertz CT molecular complexity index is 249. The van der Waals surface area contributed by atoms with E-state index >= 15 is 0 Å². The third kappa shape index (κ3) is 2.89. The zero-order chi connectivity index (χ0) is 10.9. The highest BCUT2D eigenvalue weighted by Gasteiger charge is 2.57. The molecule has 2 fully saturated rings. The largest absolute Gasteiger partial charge is 0.356 e. The van der Waals surface area contributed by atoms with Crippen molar-refractivity contribution in [3.8, 4) is 0 Å². The van der Waals surface area contributed by atoms with Crippen molar-refractivity contribution in [3.63, 3.8) is 0 Å². The van der Waals surface area contributed by atoms with E-state index in [1.807, 2.05) is 0 Å². The fourth-order valence-corrected chi connectivity index (χ4v) is 2.62. The summed E-state index contributed by atoms with van der Waals surface area (Å²) in [5.41, 5.74) is 0.381. The smallest absolute Gasteiger partial charge is 0.223 e. The van der Waals surface area contributed by atoms with E-state index in [4.69, 9.17) is 0 Å². The number of nitrogens with one attached hydrogen (secondary N) is 2. The van der Waals surface area contributed by atoms with Gasteiger partial charge in [-0.3, -0.25) is 4.79 Å². The fourth-order valence-electron chi connectivity index (χ4n) is 2.62. The van der Waals surface area contributed by atoms with E-state index in [0.29, 0.717) is 23.2 Å². The van der Waals surface area contributed by atoms with Crippen molar-refractivity contribution in [1.82, 2.24) is 10.6 Å². The van der Waals surface area contributed by atoms with Gasteiger partial charge in [-0.05, 0) is 43.7 Å². The van der Waals surface area contributed by atoms with E-state index in [1.54, 1.807) is 0 Å². The minimum absolute atomic E-state index is 0. The van der Waals surface area contributed by atoms with Gasteiger partial charge in [0.1, 0.15) is 0 Å². The van der Waals surface area contributed by atoms with Crippen molar-refractivity contribution in [2.45, 2.75) is 33.1 Å². The molecule has 0 radical (unpaired) electrons. The highest BCUT2D eigenvalue weighted by molar-refractivity contribution is 5.85. The third-order valence-electron chi connectivity index (χ3n) is 3.79. The zero-order valence-electron chi connectivity index (χ0n) is 10.2. The number of hydrogen-bond acceptors (Lipinski definition) is 2. The summed E-state index contributed by atoms with van der Waals surface area (Å²) in [6.45, 7) is 7.27. The van der Waals surface area contributed by atoms with Gasteiger partial charge in [-0.25, -0.2) is 0 Å². The lowest BCUT2D eigenvalue weighted by atomic mass is 9.92. The highest BCUT2D eigenvalue weighted by Crippen LogP contribution is 2.58. The second kappa shape index (κ2) is 5.37. The van der Waals surface area contributed by atoms with Gasteiger partial charge in [0.25, 0.3) is 0 Å². The van der Waals surface area contributed by atoms with Crippen LogP contribution in [0.1, 0.15) is 33.1 Å². The molecule has 94 valence electrons. The van der Waals surface area contributed by atoms with Crippen molar-refractivity contribution in [3.05, 3.63) is 0 Å². The van der Waals surface area contributed by atoms with E-state index in [-0.39, 0.29) is 12.4 Å². The average molecular weight is 247 g/mol. The summed E-state index contributed by atoms with van der Waals surface area (Å²) in [5, 5.41) is 6.41. The maximum atomic E-state index is 11.9. The van der Waals surface area contributed by atoms with Gasteiger partial charge in [0.15, 0.2) is 0 Å². The molecule has 2 rings (SSSR count). The van der Waals surface area contributed by atoms with Crippen molar-refractivity contribution < 1.29 is 4.79 Å². The number of amides is 1. The Morgan fingerprint density at radius 2 is 2.06 bits per heavy atom. The first kappa shape index (κ1) is 13.8. The van der Waals surface area contributed by atoms with Crippen LogP contribution in [0.15, 0.2) is 0 Å². The topological polar surface area (TPSA) is 41.1 Å². The van der Waals surface area contributed by atoms with Crippen LogP contribution in [0, 0.1) is 17.3 Å². The number of piperidine rings is 1. The maximum absolute atomic E-state index is 11.9. The van der Waals surface area contributed by atoms with E-state index in [1.165, 1.54) is 12.8 Å². The standard InChI is InChI=1S/C12H22N2O.ClH/c1-9(2)8-14-11(15)10-7-12(10)3-5-13-6-4-12;/h9-10,13H,3-8H2,1-2H3,(H,14,15);1H. The molecule has 1 aliphatic heterocycles. The molecule has 1 saturated carbocycles.